The highest BCUT2D eigenvalue weighted by atomic mass is 16.6. The van der Waals surface area contributed by atoms with Gasteiger partial charge in [0.25, 0.3) is 0 Å². The number of ether oxygens (including phenoxy) is 3. The Bertz CT molecular complexity index is 1060. The molecule has 4 rings (SSSR count). The molecule has 1 atom stereocenters. The highest BCUT2D eigenvalue weighted by Crippen LogP contribution is 2.34. The van der Waals surface area contributed by atoms with Gasteiger partial charge in [0.05, 0.1) is 12.1 Å². The molecule has 2 aliphatic heterocycles. The van der Waals surface area contributed by atoms with E-state index in [1.54, 1.807) is 11.0 Å². The molecule has 2 aliphatic rings. The zero-order chi connectivity index (χ0) is 23.6. The molecule has 0 saturated heterocycles. The highest BCUT2D eigenvalue weighted by molar-refractivity contribution is 5.94. The molecule has 1 unspecified atom stereocenters. The van der Waals surface area contributed by atoms with E-state index in [0.717, 1.165) is 22.3 Å². The molecule has 0 bridgehead atoms. The average Bonchev–Trinajstić information content (AvgIpc) is 3.08. The quantitative estimate of drug-likeness (QED) is 0.554. The SMILES string of the molecule is CC(C)(C)OC(=O)N1CCc2cc3c(cc2C1)C(=O)OC3CNC(=O)OCc1ccccc1. The molecule has 0 fully saturated rings. The minimum atomic E-state index is -0.578. The van der Waals surface area contributed by atoms with Crippen molar-refractivity contribution in [3.05, 3.63) is 70.3 Å². The summed E-state index contributed by atoms with van der Waals surface area (Å²) in [6.07, 6.45) is -0.873. The van der Waals surface area contributed by atoms with Gasteiger partial charge in [0, 0.05) is 18.7 Å². The van der Waals surface area contributed by atoms with Crippen LogP contribution < -0.4 is 5.32 Å². The lowest BCUT2D eigenvalue weighted by atomic mass is 9.92. The number of amides is 2. The average molecular weight is 453 g/mol. The Morgan fingerprint density at radius 3 is 2.64 bits per heavy atom. The van der Waals surface area contributed by atoms with Crippen LogP contribution in [0.25, 0.3) is 0 Å². The minimum Gasteiger partial charge on any atom is -0.452 e. The minimum absolute atomic E-state index is 0.120. The van der Waals surface area contributed by atoms with Crippen molar-refractivity contribution in [1.29, 1.82) is 0 Å². The van der Waals surface area contributed by atoms with E-state index in [4.69, 9.17) is 14.2 Å². The number of alkyl carbamates (subject to hydrolysis) is 1. The molecular weight excluding hydrogens is 424 g/mol. The number of rotatable bonds is 4. The summed E-state index contributed by atoms with van der Waals surface area (Å²) < 4.78 is 16.2. The van der Waals surface area contributed by atoms with E-state index < -0.39 is 23.8 Å². The highest BCUT2D eigenvalue weighted by Gasteiger charge is 2.34. The lowest BCUT2D eigenvalue weighted by molar-refractivity contribution is 0.0223. The fourth-order valence-corrected chi connectivity index (χ4v) is 3.91. The van der Waals surface area contributed by atoms with Crippen LogP contribution in [-0.4, -0.2) is 41.7 Å². The van der Waals surface area contributed by atoms with Crippen LogP contribution in [0, 0.1) is 0 Å². The monoisotopic (exact) mass is 452 g/mol. The van der Waals surface area contributed by atoms with Crippen LogP contribution in [0.1, 0.15) is 59.5 Å². The van der Waals surface area contributed by atoms with Gasteiger partial charge in [-0.05, 0) is 49.9 Å². The van der Waals surface area contributed by atoms with Crippen molar-refractivity contribution in [2.75, 3.05) is 13.1 Å². The molecule has 0 spiro atoms. The Kier molecular flexibility index (Phi) is 6.26. The molecule has 2 heterocycles. The molecule has 2 aromatic rings. The molecule has 174 valence electrons. The predicted octanol–water partition coefficient (Wildman–Crippen LogP) is 4.12. The van der Waals surface area contributed by atoms with E-state index >= 15 is 0 Å². The number of cyclic esters (lactones) is 1. The van der Waals surface area contributed by atoms with Gasteiger partial charge in [0.15, 0.2) is 0 Å². The van der Waals surface area contributed by atoms with Crippen molar-refractivity contribution in [2.45, 2.75) is 52.0 Å². The fourth-order valence-electron chi connectivity index (χ4n) is 3.91. The number of hydrogen-bond acceptors (Lipinski definition) is 6. The topological polar surface area (TPSA) is 94.2 Å². The lowest BCUT2D eigenvalue weighted by Crippen LogP contribution is -2.40. The third-order valence-corrected chi connectivity index (χ3v) is 5.50. The van der Waals surface area contributed by atoms with E-state index in [9.17, 15) is 14.4 Å². The van der Waals surface area contributed by atoms with Gasteiger partial charge < -0.3 is 24.4 Å². The van der Waals surface area contributed by atoms with Crippen molar-refractivity contribution in [1.82, 2.24) is 10.2 Å². The zero-order valence-corrected chi connectivity index (χ0v) is 19.1. The van der Waals surface area contributed by atoms with Crippen molar-refractivity contribution in [3.8, 4) is 0 Å². The van der Waals surface area contributed by atoms with Crippen LogP contribution in [0.2, 0.25) is 0 Å². The number of hydrogen-bond donors (Lipinski definition) is 1. The molecule has 1 N–H and O–H groups in total. The van der Waals surface area contributed by atoms with Crippen LogP contribution in [-0.2, 0) is 33.8 Å². The maximum Gasteiger partial charge on any atom is 0.410 e. The number of carbonyl (C=O) groups excluding carboxylic acids is 3. The summed E-state index contributed by atoms with van der Waals surface area (Å²) in [6, 6.07) is 13.1. The van der Waals surface area contributed by atoms with Gasteiger partial charge in [-0.2, -0.15) is 0 Å². The number of esters is 1. The Hall–Kier alpha value is -3.55. The molecule has 33 heavy (non-hydrogen) atoms. The van der Waals surface area contributed by atoms with Gasteiger partial charge in [-0.3, -0.25) is 0 Å². The second-order valence-corrected chi connectivity index (χ2v) is 9.20. The van der Waals surface area contributed by atoms with E-state index in [1.165, 1.54) is 0 Å². The van der Waals surface area contributed by atoms with Gasteiger partial charge >= 0.3 is 18.2 Å². The Morgan fingerprint density at radius 1 is 1.15 bits per heavy atom. The van der Waals surface area contributed by atoms with Crippen LogP contribution >= 0.6 is 0 Å². The first-order valence-corrected chi connectivity index (χ1v) is 11.0. The molecule has 8 nitrogen and oxygen atoms in total. The third kappa shape index (κ3) is 5.45. The van der Waals surface area contributed by atoms with Gasteiger partial charge in [-0.1, -0.05) is 36.4 Å². The first-order valence-electron chi connectivity index (χ1n) is 11.0. The lowest BCUT2D eigenvalue weighted by Gasteiger charge is -2.31. The molecule has 2 aromatic carbocycles. The molecular formula is C25H28N2O6. The molecule has 8 heteroatoms. The van der Waals surface area contributed by atoms with Gasteiger partial charge in [0.1, 0.15) is 18.3 Å². The predicted molar refractivity (Wildman–Crippen MR) is 120 cm³/mol. The number of nitrogens with zero attached hydrogens (tertiary/aromatic N) is 1. The summed E-state index contributed by atoms with van der Waals surface area (Å²) in [7, 11) is 0. The van der Waals surface area contributed by atoms with E-state index in [1.807, 2.05) is 57.2 Å². The number of carbonyl (C=O) groups is 3. The second kappa shape index (κ2) is 9.13. The standard InChI is InChI=1S/C25H28N2O6/c1-25(2,3)33-24(30)27-10-9-17-11-19-20(12-18(17)14-27)22(28)32-21(19)13-26-23(29)31-15-16-7-5-4-6-8-16/h4-8,11-12,21H,9-10,13-15H2,1-3H3,(H,26,29). The van der Waals surface area contributed by atoms with Gasteiger partial charge in [-0.25, -0.2) is 14.4 Å². The second-order valence-electron chi connectivity index (χ2n) is 9.20. The summed E-state index contributed by atoms with van der Waals surface area (Å²) in [6.45, 7) is 6.68. The maximum atomic E-state index is 12.4. The summed E-state index contributed by atoms with van der Waals surface area (Å²) in [5, 5.41) is 2.67. The van der Waals surface area contributed by atoms with Crippen LogP contribution in [0.4, 0.5) is 9.59 Å². The van der Waals surface area contributed by atoms with Gasteiger partial charge in [0.2, 0.25) is 0 Å². The number of fused-ring (bicyclic) bond motifs is 2. The van der Waals surface area contributed by atoms with Crippen LogP contribution in [0.5, 0.6) is 0 Å². The number of nitrogens with one attached hydrogen (secondary N) is 1. The largest absolute Gasteiger partial charge is 0.452 e. The van der Waals surface area contributed by atoms with Crippen molar-refractivity contribution < 1.29 is 28.6 Å². The van der Waals surface area contributed by atoms with Gasteiger partial charge in [-0.15, -0.1) is 0 Å². The summed E-state index contributed by atoms with van der Waals surface area (Å²) >= 11 is 0. The summed E-state index contributed by atoms with van der Waals surface area (Å²) in [5.74, 6) is -0.438. The van der Waals surface area contributed by atoms with E-state index in [0.29, 0.717) is 25.1 Å². The zero-order valence-electron chi connectivity index (χ0n) is 19.1. The maximum absolute atomic E-state index is 12.4. The summed E-state index contributed by atoms with van der Waals surface area (Å²) in [5.41, 5.74) is 3.48. The summed E-state index contributed by atoms with van der Waals surface area (Å²) in [4.78, 5) is 38.6. The fraction of sp³-hybridized carbons (Fsp3) is 0.400. The number of benzene rings is 2. The molecule has 0 aliphatic carbocycles. The third-order valence-electron chi connectivity index (χ3n) is 5.50. The first kappa shape index (κ1) is 22.6. The normalized spacial score (nSPS) is 17.0. The van der Waals surface area contributed by atoms with E-state index in [2.05, 4.69) is 5.32 Å². The Morgan fingerprint density at radius 2 is 1.91 bits per heavy atom. The van der Waals surface area contributed by atoms with Crippen molar-refractivity contribution in [3.63, 3.8) is 0 Å². The molecule has 0 aromatic heterocycles. The molecule has 2 amide bonds. The van der Waals surface area contributed by atoms with Crippen molar-refractivity contribution >= 4 is 18.2 Å². The van der Waals surface area contributed by atoms with E-state index in [-0.39, 0.29) is 19.2 Å². The Balaban J connectivity index is 1.38. The smallest absolute Gasteiger partial charge is 0.410 e. The Labute approximate surface area is 192 Å². The van der Waals surface area contributed by atoms with Crippen LogP contribution in [0.3, 0.4) is 0 Å². The first-order chi connectivity index (χ1) is 15.7. The van der Waals surface area contributed by atoms with Crippen molar-refractivity contribution in [2.24, 2.45) is 0 Å². The molecule has 0 radical (unpaired) electrons. The van der Waals surface area contributed by atoms with Crippen LogP contribution in [0.15, 0.2) is 42.5 Å². The molecule has 0 saturated carbocycles.